The molecule has 1 aromatic rings. The van der Waals surface area contributed by atoms with Crippen LogP contribution >= 0.6 is 0 Å². The van der Waals surface area contributed by atoms with E-state index in [0.29, 0.717) is 24.2 Å². The molecule has 0 aliphatic heterocycles. The van der Waals surface area contributed by atoms with Gasteiger partial charge in [0.1, 0.15) is 5.75 Å². The second-order valence-corrected chi connectivity index (χ2v) is 6.74. The molecule has 0 amide bonds. The lowest BCUT2D eigenvalue weighted by Gasteiger charge is -2.22. The molecule has 120 valence electrons. The van der Waals surface area contributed by atoms with Crippen molar-refractivity contribution in [2.45, 2.75) is 63.9 Å². The Morgan fingerprint density at radius 1 is 1.09 bits per heavy atom. The van der Waals surface area contributed by atoms with Gasteiger partial charge in [-0.15, -0.1) is 0 Å². The van der Waals surface area contributed by atoms with Crippen molar-refractivity contribution in [3.05, 3.63) is 29.8 Å². The molecule has 0 radical (unpaired) electrons. The van der Waals surface area contributed by atoms with Crippen molar-refractivity contribution in [1.82, 2.24) is 0 Å². The van der Waals surface area contributed by atoms with Crippen molar-refractivity contribution < 1.29 is 14.3 Å². The maximum atomic E-state index is 12.0. The van der Waals surface area contributed by atoms with Gasteiger partial charge in [-0.2, -0.15) is 0 Å². The first-order valence-corrected chi connectivity index (χ1v) is 8.65. The lowest BCUT2D eigenvalue weighted by Crippen LogP contribution is -2.26. The molecule has 0 N–H and O–H groups in total. The Morgan fingerprint density at radius 3 is 2.41 bits per heavy atom. The Labute approximate surface area is 133 Å². The second-order valence-electron chi connectivity index (χ2n) is 6.74. The third-order valence-corrected chi connectivity index (χ3v) is 4.79. The number of hydrogen-bond acceptors (Lipinski definition) is 3. The van der Waals surface area contributed by atoms with E-state index in [9.17, 15) is 4.79 Å². The number of ether oxygens (including phenoxy) is 2. The van der Waals surface area contributed by atoms with Crippen molar-refractivity contribution >= 4 is 5.97 Å². The Kier molecular flexibility index (Phi) is 5.14. The van der Waals surface area contributed by atoms with Crippen LogP contribution in [0.3, 0.4) is 0 Å². The first-order chi connectivity index (χ1) is 10.7. The van der Waals surface area contributed by atoms with E-state index in [-0.39, 0.29) is 5.97 Å². The molecular formula is C19H26O3. The molecule has 0 saturated heterocycles. The van der Waals surface area contributed by atoms with E-state index in [0.717, 1.165) is 0 Å². The fourth-order valence-corrected chi connectivity index (χ4v) is 3.08. The van der Waals surface area contributed by atoms with Gasteiger partial charge in [0.2, 0.25) is 0 Å². The molecule has 1 atom stereocenters. The fourth-order valence-electron chi connectivity index (χ4n) is 3.08. The molecule has 2 fully saturated rings. The predicted molar refractivity (Wildman–Crippen MR) is 86.0 cm³/mol. The minimum atomic E-state index is -0.487. The van der Waals surface area contributed by atoms with Gasteiger partial charge in [0.05, 0.1) is 6.61 Å². The highest BCUT2D eigenvalue weighted by Crippen LogP contribution is 2.33. The van der Waals surface area contributed by atoms with Gasteiger partial charge in [-0.05, 0) is 62.1 Å². The Balaban J connectivity index is 1.49. The molecular weight excluding hydrogens is 276 g/mol. The third kappa shape index (κ3) is 4.33. The predicted octanol–water partition coefficient (Wildman–Crippen LogP) is 4.45. The standard InChI is InChI=1S/C19H26O3/c1-14(21-13-15-7-8-15)19(20)22-18-11-9-17(10-12-18)16-5-3-2-4-6-16/h9-12,14-16H,2-8,13H2,1H3. The van der Waals surface area contributed by atoms with Crippen LogP contribution < -0.4 is 4.74 Å². The number of hydrogen-bond donors (Lipinski definition) is 0. The summed E-state index contributed by atoms with van der Waals surface area (Å²) < 4.78 is 11.0. The summed E-state index contributed by atoms with van der Waals surface area (Å²) in [4.78, 5) is 12.0. The highest BCUT2D eigenvalue weighted by molar-refractivity contribution is 5.76. The normalized spacial score (nSPS) is 20.6. The molecule has 2 saturated carbocycles. The second kappa shape index (κ2) is 7.28. The zero-order valence-corrected chi connectivity index (χ0v) is 13.4. The SMILES string of the molecule is CC(OCC1CC1)C(=O)Oc1ccc(C2CCCCC2)cc1. The van der Waals surface area contributed by atoms with Gasteiger partial charge in [-0.3, -0.25) is 0 Å². The van der Waals surface area contributed by atoms with E-state index in [1.807, 2.05) is 12.1 Å². The minimum Gasteiger partial charge on any atom is -0.425 e. The number of esters is 1. The third-order valence-electron chi connectivity index (χ3n) is 4.79. The quantitative estimate of drug-likeness (QED) is 0.575. The van der Waals surface area contributed by atoms with Crippen molar-refractivity contribution in [2.75, 3.05) is 6.61 Å². The van der Waals surface area contributed by atoms with Gasteiger partial charge in [0.25, 0.3) is 0 Å². The van der Waals surface area contributed by atoms with E-state index in [2.05, 4.69) is 12.1 Å². The van der Waals surface area contributed by atoms with Crippen LogP contribution in [0.15, 0.2) is 24.3 Å². The average molecular weight is 302 g/mol. The fraction of sp³-hybridized carbons (Fsp3) is 0.632. The zero-order chi connectivity index (χ0) is 15.4. The first kappa shape index (κ1) is 15.5. The molecule has 3 nitrogen and oxygen atoms in total. The molecule has 2 aliphatic rings. The van der Waals surface area contributed by atoms with Crippen molar-refractivity contribution in [1.29, 1.82) is 0 Å². The van der Waals surface area contributed by atoms with Crippen LogP contribution in [-0.4, -0.2) is 18.7 Å². The monoisotopic (exact) mass is 302 g/mol. The zero-order valence-electron chi connectivity index (χ0n) is 13.4. The Hall–Kier alpha value is -1.35. The van der Waals surface area contributed by atoms with E-state index < -0.39 is 6.10 Å². The summed E-state index contributed by atoms with van der Waals surface area (Å²) in [5.74, 6) is 1.65. The summed E-state index contributed by atoms with van der Waals surface area (Å²) in [6.45, 7) is 2.44. The van der Waals surface area contributed by atoms with Gasteiger partial charge >= 0.3 is 5.97 Å². The Bertz CT molecular complexity index is 484. The number of benzene rings is 1. The van der Waals surface area contributed by atoms with Crippen LogP contribution in [0.5, 0.6) is 5.75 Å². The maximum absolute atomic E-state index is 12.0. The van der Waals surface area contributed by atoms with Gasteiger partial charge in [-0.1, -0.05) is 31.4 Å². The average Bonchev–Trinajstić information content (AvgIpc) is 3.38. The topological polar surface area (TPSA) is 35.5 Å². The molecule has 2 aliphatic carbocycles. The van der Waals surface area contributed by atoms with Gasteiger partial charge < -0.3 is 9.47 Å². The largest absolute Gasteiger partial charge is 0.425 e. The van der Waals surface area contributed by atoms with Crippen LogP contribution in [0.1, 0.15) is 63.4 Å². The molecule has 3 heteroatoms. The van der Waals surface area contributed by atoms with Gasteiger partial charge in [-0.25, -0.2) is 4.79 Å². The highest BCUT2D eigenvalue weighted by atomic mass is 16.6. The molecule has 0 aromatic heterocycles. The van der Waals surface area contributed by atoms with Crippen molar-refractivity contribution in [3.63, 3.8) is 0 Å². The highest BCUT2D eigenvalue weighted by Gasteiger charge is 2.25. The molecule has 0 spiro atoms. The van der Waals surface area contributed by atoms with Crippen LogP contribution in [0, 0.1) is 5.92 Å². The summed E-state index contributed by atoms with van der Waals surface area (Å²) in [6.07, 6.45) is 8.56. The summed E-state index contributed by atoms with van der Waals surface area (Å²) in [7, 11) is 0. The number of carbonyl (C=O) groups excluding carboxylic acids is 1. The van der Waals surface area contributed by atoms with Crippen molar-refractivity contribution in [2.24, 2.45) is 5.92 Å². The summed E-state index contributed by atoms with van der Waals surface area (Å²) in [5, 5.41) is 0. The van der Waals surface area contributed by atoms with Crippen LogP contribution in [0.25, 0.3) is 0 Å². The molecule has 1 aromatic carbocycles. The van der Waals surface area contributed by atoms with E-state index in [4.69, 9.17) is 9.47 Å². The summed E-state index contributed by atoms with van der Waals surface area (Å²) >= 11 is 0. The first-order valence-electron chi connectivity index (χ1n) is 8.65. The number of carbonyl (C=O) groups is 1. The maximum Gasteiger partial charge on any atom is 0.340 e. The summed E-state index contributed by atoms with van der Waals surface area (Å²) in [6, 6.07) is 8.04. The van der Waals surface area contributed by atoms with E-state index in [1.54, 1.807) is 6.92 Å². The smallest absolute Gasteiger partial charge is 0.340 e. The van der Waals surface area contributed by atoms with Crippen LogP contribution in [-0.2, 0) is 9.53 Å². The Morgan fingerprint density at radius 2 is 1.77 bits per heavy atom. The lowest BCUT2D eigenvalue weighted by molar-refractivity contribution is -0.146. The summed E-state index contributed by atoms with van der Waals surface area (Å²) in [5.41, 5.74) is 1.37. The van der Waals surface area contributed by atoms with Crippen LogP contribution in [0.2, 0.25) is 0 Å². The van der Waals surface area contributed by atoms with Crippen LogP contribution in [0.4, 0.5) is 0 Å². The van der Waals surface area contributed by atoms with E-state index >= 15 is 0 Å². The van der Waals surface area contributed by atoms with Gasteiger partial charge in [0, 0.05) is 0 Å². The number of rotatable bonds is 6. The molecule has 0 heterocycles. The molecule has 1 unspecified atom stereocenters. The lowest BCUT2D eigenvalue weighted by atomic mass is 9.84. The molecule has 3 rings (SSSR count). The van der Waals surface area contributed by atoms with Crippen molar-refractivity contribution in [3.8, 4) is 5.75 Å². The molecule has 22 heavy (non-hydrogen) atoms. The van der Waals surface area contributed by atoms with Gasteiger partial charge in [0.15, 0.2) is 6.10 Å². The molecule has 0 bridgehead atoms. The minimum absolute atomic E-state index is 0.300. The van der Waals surface area contributed by atoms with E-state index in [1.165, 1.54) is 50.5 Å².